The molecule has 1 amide bonds. The first-order valence-corrected chi connectivity index (χ1v) is 6.14. The van der Waals surface area contributed by atoms with E-state index in [1.165, 1.54) is 4.90 Å². The maximum atomic E-state index is 11.7. The minimum absolute atomic E-state index is 0.0911. The first kappa shape index (κ1) is 12.6. The van der Waals surface area contributed by atoms with Gasteiger partial charge in [-0.15, -0.1) is 0 Å². The molecule has 0 aromatic carbocycles. The number of nitrogens with zero attached hydrogens (tertiary/aromatic N) is 3. The maximum Gasteiger partial charge on any atom is 0.326 e. The number of hydrogen-bond acceptors (Lipinski definition) is 3. The molecule has 1 aromatic heterocycles. The Balaban J connectivity index is 2.13. The van der Waals surface area contributed by atoms with Gasteiger partial charge in [0.25, 0.3) is 0 Å². The smallest absolute Gasteiger partial charge is 0.326 e. The van der Waals surface area contributed by atoms with Crippen molar-refractivity contribution in [3.05, 3.63) is 18.2 Å². The number of aryl methyl sites for hydroxylation is 1. The highest BCUT2D eigenvalue weighted by atomic mass is 16.4. The van der Waals surface area contributed by atoms with Crippen LogP contribution in [0, 0.1) is 0 Å². The predicted octanol–water partition coefficient (Wildman–Crippen LogP) is 0.869. The van der Waals surface area contributed by atoms with E-state index in [1.54, 1.807) is 12.5 Å². The molecular weight excluding hydrogens is 234 g/mol. The van der Waals surface area contributed by atoms with Crippen LogP contribution < -0.4 is 0 Å². The van der Waals surface area contributed by atoms with Gasteiger partial charge in [-0.1, -0.05) is 6.92 Å². The Kier molecular flexibility index (Phi) is 3.64. The van der Waals surface area contributed by atoms with E-state index in [0.717, 1.165) is 18.7 Å². The van der Waals surface area contributed by atoms with Crippen molar-refractivity contribution >= 4 is 11.9 Å². The fourth-order valence-electron chi connectivity index (χ4n) is 2.29. The van der Waals surface area contributed by atoms with Gasteiger partial charge in [0.1, 0.15) is 6.04 Å². The Morgan fingerprint density at radius 2 is 2.39 bits per heavy atom. The molecule has 18 heavy (non-hydrogen) atoms. The van der Waals surface area contributed by atoms with Gasteiger partial charge in [0.15, 0.2) is 0 Å². The Morgan fingerprint density at radius 1 is 1.61 bits per heavy atom. The lowest BCUT2D eigenvalue weighted by molar-refractivity contribution is -0.146. The average molecular weight is 251 g/mol. The lowest BCUT2D eigenvalue weighted by Gasteiger charge is -2.22. The van der Waals surface area contributed by atoms with Crippen LogP contribution in [0.4, 0.5) is 0 Å². The first-order valence-electron chi connectivity index (χ1n) is 6.14. The summed E-state index contributed by atoms with van der Waals surface area (Å²) in [7, 11) is 0. The summed E-state index contributed by atoms with van der Waals surface area (Å²) in [5, 5.41) is 9.09. The molecule has 1 aromatic rings. The molecule has 0 radical (unpaired) electrons. The van der Waals surface area contributed by atoms with Crippen molar-refractivity contribution in [3.8, 4) is 0 Å². The number of likely N-dealkylation sites (tertiary alicyclic amines) is 1. The van der Waals surface area contributed by atoms with E-state index >= 15 is 0 Å². The summed E-state index contributed by atoms with van der Waals surface area (Å²) < 4.78 is 1.96. The topological polar surface area (TPSA) is 75.4 Å². The number of aliphatic carboxylic acids is 1. The number of imidazole rings is 1. The maximum absolute atomic E-state index is 11.7. The summed E-state index contributed by atoms with van der Waals surface area (Å²) in [5.41, 5.74) is 0.887. The Hall–Kier alpha value is -1.85. The molecule has 1 saturated heterocycles. The van der Waals surface area contributed by atoms with E-state index in [9.17, 15) is 9.59 Å². The van der Waals surface area contributed by atoms with E-state index in [2.05, 4.69) is 11.9 Å². The van der Waals surface area contributed by atoms with Gasteiger partial charge in [-0.05, 0) is 12.8 Å². The number of rotatable bonds is 5. The van der Waals surface area contributed by atoms with E-state index in [1.807, 2.05) is 4.57 Å². The normalized spacial score (nSPS) is 19.5. The number of carboxylic acid groups (broad SMARTS) is 1. The zero-order valence-electron chi connectivity index (χ0n) is 10.4. The predicted molar refractivity (Wildman–Crippen MR) is 63.7 cm³/mol. The van der Waals surface area contributed by atoms with Crippen LogP contribution in [0.25, 0.3) is 0 Å². The van der Waals surface area contributed by atoms with E-state index in [4.69, 9.17) is 5.11 Å². The minimum atomic E-state index is -0.928. The van der Waals surface area contributed by atoms with Crippen molar-refractivity contribution in [2.75, 3.05) is 0 Å². The second-order valence-corrected chi connectivity index (χ2v) is 4.49. The van der Waals surface area contributed by atoms with Gasteiger partial charge in [-0.2, -0.15) is 0 Å². The third kappa shape index (κ3) is 2.37. The zero-order valence-corrected chi connectivity index (χ0v) is 10.4. The Morgan fingerprint density at radius 3 is 3.06 bits per heavy atom. The summed E-state index contributed by atoms with van der Waals surface area (Å²) in [5.74, 6) is -1.02. The van der Waals surface area contributed by atoms with Crippen molar-refractivity contribution in [3.63, 3.8) is 0 Å². The number of aromatic nitrogens is 2. The van der Waals surface area contributed by atoms with Crippen LogP contribution in [0.5, 0.6) is 0 Å². The first-order chi connectivity index (χ1) is 8.63. The average Bonchev–Trinajstić information content (AvgIpc) is 2.89. The highest BCUT2D eigenvalue weighted by Crippen LogP contribution is 2.21. The molecule has 1 atom stereocenters. The lowest BCUT2D eigenvalue weighted by Crippen LogP contribution is -2.38. The van der Waals surface area contributed by atoms with Crippen LogP contribution >= 0.6 is 0 Å². The third-order valence-corrected chi connectivity index (χ3v) is 3.21. The lowest BCUT2D eigenvalue weighted by atomic mass is 10.2. The highest BCUT2D eigenvalue weighted by molar-refractivity contribution is 5.87. The van der Waals surface area contributed by atoms with Crippen molar-refractivity contribution in [1.29, 1.82) is 0 Å². The number of hydrogen-bond donors (Lipinski definition) is 1. The molecule has 2 heterocycles. The fraction of sp³-hybridized carbons (Fsp3) is 0.583. The summed E-state index contributed by atoms with van der Waals surface area (Å²) in [6, 6.07) is -0.692. The van der Waals surface area contributed by atoms with Crippen LogP contribution in [0.1, 0.15) is 31.9 Å². The summed E-state index contributed by atoms with van der Waals surface area (Å²) in [6.45, 7) is 3.22. The van der Waals surface area contributed by atoms with Gasteiger partial charge in [-0.3, -0.25) is 4.79 Å². The minimum Gasteiger partial charge on any atom is -0.480 e. The fourth-order valence-corrected chi connectivity index (χ4v) is 2.29. The molecule has 1 unspecified atom stereocenters. The monoisotopic (exact) mass is 251 g/mol. The SMILES string of the molecule is CCCn1cncc1CN1C(=O)CCC1C(=O)O. The molecule has 0 saturated carbocycles. The van der Waals surface area contributed by atoms with E-state index in [-0.39, 0.29) is 5.91 Å². The molecule has 98 valence electrons. The number of carbonyl (C=O) groups excluding carboxylic acids is 1. The molecule has 2 rings (SSSR count). The molecule has 0 aliphatic carbocycles. The van der Waals surface area contributed by atoms with Crippen LogP contribution in [0.15, 0.2) is 12.5 Å². The van der Waals surface area contributed by atoms with Gasteiger partial charge < -0.3 is 14.6 Å². The molecule has 1 aliphatic rings. The third-order valence-electron chi connectivity index (χ3n) is 3.21. The molecular formula is C12H17N3O3. The number of carboxylic acids is 1. The van der Waals surface area contributed by atoms with Crippen molar-refractivity contribution in [2.45, 2.75) is 45.3 Å². The van der Waals surface area contributed by atoms with Crippen LogP contribution in [0.2, 0.25) is 0 Å². The Bertz CT molecular complexity index is 455. The molecule has 0 spiro atoms. The molecule has 6 nitrogen and oxygen atoms in total. The molecule has 0 bridgehead atoms. The quantitative estimate of drug-likeness (QED) is 0.842. The van der Waals surface area contributed by atoms with Crippen LogP contribution in [-0.4, -0.2) is 37.5 Å². The van der Waals surface area contributed by atoms with Crippen LogP contribution in [0.3, 0.4) is 0 Å². The van der Waals surface area contributed by atoms with Gasteiger partial charge in [-0.25, -0.2) is 9.78 Å². The molecule has 1 aliphatic heterocycles. The van der Waals surface area contributed by atoms with E-state index in [0.29, 0.717) is 19.4 Å². The van der Waals surface area contributed by atoms with E-state index < -0.39 is 12.0 Å². The van der Waals surface area contributed by atoms with Crippen molar-refractivity contribution in [2.24, 2.45) is 0 Å². The molecule has 1 N–H and O–H groups in total. The number of carbonyl (C=O) groups is 2. The van der Waals surface area contributed by atoms with Crippen molar-refractivity contribution in [1.82, 2.24) is 14.5 Å². The molecule has 1 fully saturated rings. The molecule has 6 heteroatoms. The number of amides is 1. The second-order valence-electron chi connectivity index (χ2n) is 4.49. The van der Waals surface area contributed by atoms with Gasteiger partial charge in [0.05, 0.1) is 18.6 Å². The standard InChI is InChI=1S/C12H17N3O3/c1-2-5-14-8-13-6-9(14)7-15-10(12(17)18)3-4-11(15)16/h6,8,10H,2-5,7H2,1H3,(H,17,18). The van der Waals surface area contributed by atoms with Crippen LogP contribution in [-0.2, 0) is 22.7 Å². The highest BCUT2D eigenvalue weighted by Gasteiger charge is 2.36. The summed E-state index contributed by atoms with van der Waals surface area (Å²) in [4.78, 5) is 28.3. The van der Waals surface area contributed by atoms with Gasteiger partial charge >= 0.3 is 5.97 Å². The largest absolute Gasteiger partial charge is 0.480 e. The van der Waals surface area contributed by atoms with Crippen molar-refractivity contribution < 1.29 is 14.7 Å². The summed E-state index contributed by atoms with van der Waals surface area (Å²) >= 11 is 0. The summed E-state index contributed by atoms with van der Waals surface area (Å²) in [6.07, 6.45) is 5.10. The van der Waals surface area contributed by atoms with Gasteiger partial charge in [0, 0.05) is 19.2 Å². The zero-order chi connectivity index (χ0) is 13.1. The Labute approximate surface area is 105 Å². The van der Waals surface area contributed by atoms with Gasteiger partial charge in [0.2, 0.25) is 5.91 Å². The second kappa shape index (κ2) is 5.20.